The molecule has 1 aromatic heterocycles. The van der Waals surface area contributed by atoms with Gasteiger partial charge in [0.15, 0.2) is 13.2 Å². The first-order chi connectivity index (χ1) is 16.5. The molecule has 0 spiro atoms. The molecule has 1 saturated carbocycles. The zero-order chi connectivity index (χ0) is 23.9. The van der Waals surface area contributed by atoms with Gasteiger partial charge in [-0.2, -0.15) is 0 Å². The number of benzene rings is 2. The van der Waals surface area contributed by atoms with Crippen molar-refractivity contribution < 1.29 is 27.9 Å². The van der Waals surface area contributed by atoms with Crippen molar-refractivity contribution in [3.63, 3.8) is 0 Å². The summed E-state index contributed by atoms with van der Waals surface area (Å²) in [5.41, 5.74) is 0.682. The Morgan fingerprint density at radius 2 is 1.71 bits per heavy atom. The van der Waals surface area contributed by atoms with E-state index < -0.39 is 24.8 Å². The first-order valence-electron chi connectivity index (χ1n) is 11.3. The van der Waals surface area contributed by atoms with E-state index in [0.717, 1.165) is 43.1 Å². The molecule has 1 amide bonds. The highest BCUT2D eigenvalue weighted by Gasteiger charge is 2.26. The highest BCUT2D eigenvalue weighted by atomic mass is 19.1. The zero-order valence-electron chi connectivity index (χ0n) is 18.7. The Kier molecular flexibility index (Phi) is 7.57. The lowest BCUT2D eigenvalue weighted by atomic mass is 9.93. The van der Waals surface area contributed by atoms with Gasteiger partial charge in [-0.05, 0) is 48.7 Å². The van der Waals surface area contributed by atoms with Gasteiger partial charge in [0.05, 0.1) is 0 Å². The highest BCUT2D eigenvalue weighted by molar-refractivity contribution is 5.81. The molecular weight excluding hydrogens is 441 g/mol. The number of ether oxygens (including phenoxy) is 2. The number of hydrogen-bond donors (Lipinski definition) is 0. The number of fused-ring (bicyclic) bond motifs is 1. The van der Waals surface area contributed by atoms with Crippen LogP contribution in [0.4, 0.5) is 4.39 Å². The highest BCUT2D eigenvalue weighted by Crippen LogP contribution is 2.24. The van der Waals surface area contributed by atoms with Crippen LogP contribution in [0.5, 0.6) is 5.75 Å². The number of amides is 1. The maximum Gasteiger partial charge on any atom is 0.344 e. The SMILES string of the molecule is O=C(COc1ccc2ccc(=O)oc2c1)OCC(=O)N(Cc1ccc(F)cc1)C1CCCCC1. The largest absolute Gasteiger partial charge is 0.482 e. The lowest BCUT2D eigenvalue weighted by Crippen LogP contribution is -2.43. The molecule has 1 fully saturated rings. The predicted molar refractivity (Wildman–Crippen MR) is 123 cm³/mol. The lowest BCUT2D eigenvalue weighted by Gasteiger charge is -2.34. The number of nitrogens with zero attached hydrogens (tertiary/aromatic N) is 1. The van der Waals surface area contributed by atoms with Crippen LogP contribution in [-0.4, -0.2) is 36.0 Å². The molecule has 1 aliphatic carbocycles. The van der Waals surface area contributed by atoms with Gasteiger partial charge < -0.3 is 18.8 Å². The van der Waals surface area contributed by atoms with Crippen LogP contribution in [0.25, 0.3) is 11.0 Å². The van der Waals surface area contributed by atoms with Crippen LogP contribution in [0.15, 0.2) is 63.8 Å². The summed E-state index contributed by atoms with van der Waals surface area (Å²) in [5.74, 6) is -0.975. The van der Waals surface area contributed by atoms with Gasteiger partial charge in [0.1, 0.15) is 17.1 Å². The fraction of sp³-hybridized carbons (Fsp3) is 0.346. The number of halogens is 1. The Morgan fingerprint density at radius 1 is 0.971 bits per heavy atom. The van der Waals surface area contributed by atoms with Gasteiger partial charge >= 0.3 is 11.6 Å². The molecule has 0 saturated heterocycles. The summed E-state index contributed by atoms with van der Waals surface area (Å²) in [5, 5.41) is 0.726. The third kappa shape index (κ3) is 6.21. The van der Waals surface area contributed by atoms with Gasteiger partial charge in [-0.25, -0.2) is 14.0 Å². The molecule has 178 valence electrons. The molecule has 34 heavy (non-hydrogen) atoms. The summed E-state index contributed by atoms with van der Waals surface area (Å²) < 4.78 is 29.0. The smallest absolute Gasteiger partial charge is 0.344 e. The molecule has 2 aromatic carbocycles. The number of esters is 1. The maximum atomic E-state index is 13.3. The van der Waals surface area contributed by atoms with E-state index in [2.05, 4.69) is 0 Å². The molecule has 1 heterocycles. The second-order valence-corrected chi connectivity index (χ2v) is 8.34. The van der Waals surface area contributed by atoms with Crippen LogP contribution < -0.4 is 10.4 Å². The van der Waals surface area contributed by atoms with Crippen molar-refractivity contribution in [2.75, 3.05) is 13.2 Å². The molecule has 1 aliphatic rings. The number of carbonyl (C=O) groups excluding carboxylic acids is 2. The van der Waals surface area contributed by atoms with Crippen molar-refractivity contribution in [2.24, 2.45) is 0 Å². The van der Waals surface area contributed by atoms with Gasteiger partial charge in [-0.3, -0.25) is 4.79 Å². The summed E-state index contributed by atoms with van der Waals surface area (Å²) in [6.07, 6.45) is 5.00. The van der Waals surface area contributed by atoms with Gasteiger partial charge in [0.25, 0.3) is 5.91 Å². The van der Waals surface area contributed by atoms with Crippen molar-refractivity contribution in [1.82, 2.24) is 4.90 Å². The molecule has 0 N–H and O–H groups in total. The first-order valence-corrected chi connectivity index (χ1v) is 11.3. The molecule has 0 radical (unpaired) electrons. The molecule has 0 aliphatic heterocycles. The monoisotopic (exact) mass is 467 g/mol. The van der Waals surface area contributed by atoms with Gasteiger partial charge in [0, 0.05) is 30.1 Å². The Balaban J connectivity index is 1.33. The van der Waals surface area contributed by atoms with Crippen LogP contribution >= 0.6 is 0 Å². The van der Waals surface area contributed by atoms with E-state index in [9.17, 15) is 18.8 Å². The molecule has 0 unspecified atom stereocenters. The fourth-order valence-electron chi connectivity index (χ4n) is 4.14. The van der Waals surface area contributed by atoms with Crippen LogP contribution in [0, 0.1) is 5.82 Å². The number of hydrogen-bond acceptors (Lipinski definition) is 6. The summed E-state index contributed by atoms with van der Waals surface area (Å²) in [7, 11) is 0. The molecule has 7 nitrogen and oxygen atoms in total. The first kappa shape index (κ1) is 23.5. The van der Waals surface area contributed by atoms with Gasteiger partial charge in [0.2, 0.25) is 0 Å². The van der Waals surface area contributed by atoms with E-state index >= 15 is 0 Å². The van der Waals surface area contributed by atoms with E-state index in [1.807, 2.05) is 0 Å². The molecule has 0 atom stereocenters. The molecule has 4 rings (SSSR count). The minimum absolute atomic E-state index is 0.0634. The summed E-state index contributed by atoms with van der Waals surface area (Å²) in [6, 6.07) is 13.9. The Hall–Kier alpha value is -3.68. The second kappa shape index (κ2) is 11.0. The zero-order valence-corrected chi connectivity index (χ0v) is 18.7. The van der Waals surface area contributed by atoms with Gasteiger partial charge in [-0.15, -0.1) is 0 Å². The average Bonchev–Trinajstić information content (AvgIpc) is 2.86. The lowest BCUT2D eigenvalue weighted by molar-refractivity contribution is -0.155. The second-order valence-electron chi connectivity index (χ2n) is 8.34. The fourth-order valence-corrected chi connectivity index (χ4v) is 4.14. The molecule has 3 aromatic rings. The maximum absolute atomic E-state index is 13.3. The van der Waals surface area contributed by atoms with Crippen molar-refractivity contribution in [3.05, 3.63) is 76.4 Å². The van der Waals surface area contributed by atoms with E-state index in [-0.39, 0.29) is 17.8 Å². The summed E-state index contributed by atoms with van der Waals surface area (Å²) in [4.78, 5) is 38.3. The quantitative estimate of drug-likeness (QED) is 0.364. The topological polar surface area (TPSA) is 86.0 Å². The van der Waals surface area contributed by atoms with Crippen LogP contribution in [-0.2, 0) is 20.9 Å². The summed E-state index contributed by atoms with van der Waals surface area (Å²) >= 11 is 0. The standard InChI is InChI=1S/C26H26FNO6/c27-20-10-6-18(7-11-20)15-28(21-4-2-1-3-5-21)24(29)16-33-26(31)17-32-22-12-8-19-9-13-25(30)34-23(19)14-22/h6-14,21H,1-5,15-17H2. The van der Waals surface area contributed by atoms with Crippen LogP contribution in [0.3, 0.4) is 0 Å². The van der Waals surface area contributed by atoms with E-state index in [1.165, 1.54) is 24.3 Å². The Morgan fingerprint density at radius 3 is 2.47 bits per heavy atom. The van der Waals surface area contributed by atoms with Crippen LogP contribution in [0.1, 0.15) is 37.7 Å². The summed E-state index contributed by atoms with van der Waals surface area (Å²) in [6.45, 7) is -0.455. The van der Waals surface area contributed by atoms with E-state index in [0.29, 0.717) is 17.9 Å². The molecule has 8 heteroatoms. The van der Waals surface area contributed by atoms with Crippen molar-refractivity contribution >= 4 is 22.8 Å². The third-order valence-corrected chi connectivity index (χ3v) is 5.91. The van der Waals surface area contributed by atoms with Crippen molar-refractivity contribution in [3.8, 4) is 5.75 Å². The number of rotatable bonds is 8. The number of carbonyl (C=O) groups is 2. The third-order valence-electron chi connectivity index (χ3n) is 5.91. The van der Waals surface area contributed by atoms with Crippen LogP contribution in [0.2, 0.25) is 0 Å². The minimum atomic E-state index is -0.687. The van der Waals surface area contributed by atoms with E-state index in [1.54, 1.807) is 35.2 Å². The predicted octanol–water partition coefficient (Wildman–Crippen LogP) is 4.22. The average molecular weight is 467 g/mol. The van der Waals surface area contributed by atoms with Crippen molar-refractivity contribution in [2.45, 2.75) is 44.7 Å². The molecule has 0 bridgehead atoms. The normalized spacial score (nSPS) is 14.0. The molecular formula is C26H26FNO6. The van der Waals surface area contributed by atoms with E-state index in [4.69, 9.17) is 13.9 Å². The van der Waals surface area contributed by atoms with Crippen molar-refractivity contribution in [1.29, 1.82) is 0 Å². The van der Waals surface area contributed by atoms with Gasteiger partial charge in [-0.1, -0.05) is 31.4 Å². The Labute approximate surface area is 196 Å². The minimum Gasteiger partial charge on any atom is -0.482 e. The Bertz CT molecular complexity index is 1200.